The third kappa shape index (κ3) is 4.94. The Kier molecular flexibility index (Phi) is 7.23. The lowest BCUT2D eigenvalue weighted by molar-refractivity contribution is 1.28. The lowest BCUT2D eigenvalue weighted by atomic mass is 9.82. The van der Waals surface area contributed by atoms with Crippen LogP contribution in [0.5, 0.6) is 0 Å². The Hall–Kier alpha value is -7.21. The van der Waals surface area contributed by atoms with Crippen LogP contribution in [0.15, 0.2) is 194 Å². The monoisotopic (exact) mass is 672 g/mol. The zero-order valence-electron chi connectivity index (χ0n) is 28.9. The van der Waals surface area contributed by atoms with Gasteiger partial charge in [0.1, 0.15) is 0 Å². The van der Waals surface area contributed by atoms with Gasteiger partial charge in [0.15, 0.2) is 0 Å². The molecule has 0 aliphatic heterocycles. The molecule has 0 atom stereocenters. The molecule has 0 unspecified atom stereocenters. The summed E-state index contributed by atoms with van der Waals surface area (Å²) in [5.74, 6) is 0. The zero-order chi connectivity index (χ0) is 35.3. The minimum absolute atomic E-state index is 0.642. The van der Waals surface area contributed by atoms with Crippen molar-refractivity contribution in [1.29, 1.82) is 5.26 Å². The second-order valence-electron chi connectivity index (χ2n) is 13.5. The van der Waals surface area contributed by atoms with Gasteiger partial charge in [0.05, 0.1) is 11.6 Å². The molecule has 9 aromatic rings. The van der Waals surface area contributed by atoms with Gasteiger partial charge in [-0.1, -0.05) is 146 Å². The number of para-hydroxylation sites is 1. The predicted molar refractivity (Wildman–Crippen MR) is 222 cm³/mol. The van der Waals surface area contributed by atoms with Gasteiger partial charge in [-0.2, -0.15) is 5.26 Å². The Morgan fingerprint density at radius 3 is 1.43 bits per heavy atom. The smallest absolute Gasteiger partial charge is 0.0991 e. The van der Waals surface area contributed by atoms with Crippen molar-refractivity contribution in [3.05, 3.63) is 200 Å². The molecule has 246 valence electrons. The number of nitrogens with zero attached hydrogens (tertiary/aromatic N) is 2. The summed E-state index contributed by atoms with van der Waals surface area (Å²) in [4.78, 5) is 2.25. The fourth-order valence-electron chi connectivity index (χ4n) is 8.38. The lowest BCUT2D eigenvalue weighted by Crippen LogP contribution is -2.09. The molecule has 53 heavy (non-hydrogen) atoms. The molecule has 2 heteroatoms. The van der Waals surface area contributed by atoms with E-state index in [1.165, 1.54) is 71.6 Å². The van der Waals surface area contributed by atoms with Gasteiger partial charge in [-0.25, -0.2) is 0 Å². The number of rotatable bonds is 6. The Balaban J connectivity index is 1.22. The van der Waals surface area contributed by atoms with Crippen LogP contribution in [0.1, 0.15) is 5.56 Å². The normalized spacial score (nSPS) is 11.4. The molecule has 2 nitrogen and oxygen atoms in total. The first kappa shape index (κ1) is 30.6. The van der Waals surface area contributed by atoms with Crippen molar-refractivity contribution >= 4 is 38.6 Å². The third-order valence-corrected chi connectivity index (χ3v) is 10.6. The topological polar surface area (TPSA) is 27.0 Å². The van der Waals surface area contributed by atoms with Gasteiger partial charge in [0.2, 0.25) is 0 Å². The minimum atomic E-state index is 0.642. The van der Waals surface area contributed by atoms with Gasteiger partial charge in [0, 0.05) is 17.1 Å². The molecular formula is C51H32N2. The van der Waals surface area contributed by atoms with Gasteiger partial charge in [-0.15, -0.1) is 0 Å². The van der Waals surface area contributed by atoms with E-state index in [0.29, 0.717) is 5.56 Å². The highest BCUT2D eigenvalue weighted by Crippen LogP contribution is 2.58. The molecule has 1 aliphatic rings. The number of anilines is 3. The van der Waals surface area contributed by atoms with E-state index in [4.69, 9.17) is 0 Å². The van der Waals surface area contributed by atoms with E-state index in [-0.39, 0.29) is 0 Å². The second-order valence-corrected chi connectivity index (χ2v) is 13.5. The maximum Gasteiger partial charge on any atom is 0.0991 e. The van der Waals surface area contributed by atoms with E-state index < -0.39 is 0 Å². The highest BCUT2D eigenvalue weighted by Gasteiger charge is 2.31. The molecule has 1 aliphatic carbocycles. The maximum atomic E-state index is 9.48. The van der Waals surface area contributed by atoms with E-state index in [9.17, 15) is 5.26 Å². The molecule has 9 aromatic carbocycles. The van der Waals surface area contributed by atoms with Gasteiger partial charge in [0.25, 0.3) is 0 Å². The van der Waals surface area contributed by atoms with Crippen molar-refractivity contribution in [2.24, 2.45) is 0 Å². The summed E-state index contributed by atoms with van der Waals surface area (Å²) in [6, 6.07) is 71.5. The zero-order valence-corrected chi connectivity index (χ0v) is 28.9. The fraction of sp³-hybridized carbons (Fsp3) is 0. The quantitative estimate of drug-likeness (QED) is 0.176. The molecular weight excluding hydrogens is 641 g/mol. The van der Waals surface area contributed by atoms with E-state index in [1.807, 2.05) is 30.3 Å². The Bertz CT molecular complexity index is 2780. The standard InChI is InChI=1S/C51H32N2/c52-33-34-26-28-39(29-27-34)53(38-19-8-3-9-20-38)40-21-12-18-37(32-40)41-30-31-46-49-42(41)24-13-25-45(49)50-47(35-14-4-1-5-15-35)43-22-10-11-23-44(43)48(51(46)50)36-16-6-2-7-17-36/h1-32H. The van der Waals surface area contributed by atoms with E-state index in [0.717, 1.165) is 22.6 Å². The minimum Gasteiger partial charge on any atom is -0.310 e. The summed E-state index contributed by atoms with van der Waals surface area (Å²) >= 11 is 0. The molecule has 0 aromatic heterocycles. The van der Waals surface area contributed by atoms with Crippen LogP contribution < -0.4 is 4.90 Å². The fourth-order valence-corrected chi connectivity index (χ4v) is 8.38. The van der Waals surface area contributed by atoms with Crippen LogP contribution in [0.25, 0.3) is 77.2 Å². The van der Waals surface area contributed by atoms with Gasteiger partial charge >= 0.3 is 0 Å². The van der Waals surface area contributed by atoms with Crippen LogP contribution in [-0.2, 0) is 0 Å². The van der Waals surface area contributed by atoms with E-state index in [2.05, 4.69) is 175 Å². The van der Waals surface area contributed by atoms with Gasteiger partial charge in [-0.05, 0) is 126 Å². The lowest BCUT2D eigenvalue weighted by Gasteiger charge is -2.26. The number of hydrogen-bond donors (Lipinski definition) is 0. The summed E-state index contributed by atoms with van der Waals surface area (Å²) in [6.07, 6.45) is 0. The highest BCUT2D eigenvalue weighted by atomic mass is 15.1. The molecule has 0 fully saturated rings. The molecule has 0 spiro atoms. The number of fused-ring (bicyclic) bond motifs is 4. The molecule has 10 rings (SSSR count). The second kappa shape index (κ2) is 12.5. The third-order valence-electron chi connectivity index (χ3n) is 10.6. The Labute approximate surface area is 309 Å². The molecule has 0 saturated carbocycles. The average Bonchev–Trinajstić information content (AvgIpc) is 3.56. The van der Waals surface area contributed by atoms with Crippen LogP contribution in [-0.4, -0.2) is 0 Å². The van der Waals surface area contributed by atoms with Crippen molar-refractivity contribution in [1.82, 2.24) is 0 Å². The first-order chi connectivity index (χ1) is 26.3. The van der Waals surface area contributed by atoms with Gasteiger partial charge < -0.3 is 4.90 Å². The number of hydrogen-bond acceptors (Lipinski definition) is 2. The van der Waals surface area contributed by atoms with Crippen molar-refractivity contribution in [2.45, 2.75) is 0 Å². The van der Waals surface area contributed by atoms with Crippen molar-refractivity contribution in [2.75, 3.05) is 4.90 Å². The summed E-state index contributed by atoms with van der Waals surface area (Å²) in [5, 5.41) is 14.5. The number of benzene rings is 9. The Morgan fingerprint density at radius 2 is 0.811 bits per heavy atom. The average molecular weight is 673 g/mol. The maximum absolute atomic E-state index is 9.48. The van der Waals surface area contributed by atoms with Crippen LogP contribution in [0.2, 0.25) is 0 Å². The van der Waals surface area contributed by atoms with E-state index >= 15 is 0 Å². The summed E-state index contributed by atoms with van der Waals surface area (Å²) in [6.45, 7) is 0. The predicted octanol–water partition coefficient (Wildman–Crippen LogP) is 14.0. The van der Waals surface area contributed by atoms with Crippen molar-refractivity contribution < 1.29 is 0 Å². The van der Waals surface area contributed by atoms with Crippen LogP contribution in [0.3, 0.4) is 0 Å². The SMILES string of the molecule is N#Cc1ccc(N(c2ccccc2)c2cccc(-c3ccc4c5c(cccc35)-c3c-4c(-c4ccccc4)c4ccccc4c3-c3ccccc3)c2)cc1. The van der Waals surface area contributed by atoms with Gasteiger partial charge in [-0.3, -0.25) is 0 Å². The van der Waals surface area contributed by atoms with Crippen molar-refractivity contribution in [3.63, 3.8) is 0 Å². The van der Waals surface area contributed by atoms with Crippen LogP contribution >= 0.6 is 0 Å². The number of nitriles is 1. The molecule has 0 bridgehead atoms. The van der Waals surface area contributed by atoms with Crippen LogP contribution in [0.4, 0.5) is 17.1 Å². The largest absolute Gasteiger partial charge is 0.310 e. The van der Waals surface area contributed by atoms with Crippen LogP contribution in [0, 0.1) is 11.3 Å². The molecule has 0 saturated heterocycles. The van der Waals surface area contributed by atoms with E-state index in [1.54, 1.807) is 0 Å². The summed E-state index contributed by atoms with van der Waals surface area (Å²) in [5.41, 5.74) is 16.2. The first-order valence-electron chi connectivity index (χ1n) is 18.0. The summed E-state index contributed by atoms with van der Waals surface area (Å²) < 4.78 is 0. The molecule has 0 heterocycles. The molecule has 0 radical (unpaired) electrons. The molecule has 0 amide bonds. The van der Waals surface area contributed by atoms with Crippen molar-refractivity contribution in [3.8, 4) is 61.7 Å². The first-order valence-corrected chi connectivity index (χ1v) is 18.0. The highest BCUT2D eigenvalue weighted by molar-refractivity contribution is 6.28. The Morgan fingerprint density at radius 1 is 0.340 bits per heavy atom. The molecule has 0 N–H and O–H groups in total. The summed E-state index contributed by atoms with van der Waals surface area (Å²) in [7, 11) is 0.